The first-order valence-corrected chi connectivity index (χ1v) is 5.30. The molecule has 0 spiro atoms. The van der Waals surface area contributed by atoms with Gasteiger partial charge in [-0.05, 0) is 20.5 Å². The minimum Gasteiger partial charge on any atom is -0.355 e. The molecule has 0 saturated carbocycles. The van der Waals surface area contributed by atoms with Crippen LogP contribution in [0.25, 0.3) is 0 Å². The fourth-order valence-electron chi connectivity index (χ4n) is 1.09. The van der Waals surface area contributed by atoms with Crippen LogP contribution >= 0.6 is 0 Å². The van der Waals surface area contributed by atoms with Gasteiger partial charge in [0.2, 0.25) is 5.91 Å². The molecule has 14 heavy (non-hydrogen) atoms. The molecule has 0 aromatic rings. The van der Waals surface area contributed by atoms with Crippen molar-refractivity contribution in [3.63, 3.8) is 0 Å². The van der Waals surface area contributed by atoms with Gasteiger partial charge < -0.3 is 10.6 Å². The number of rotatable bonds is 8. The Balaban J connectivity index is 3.40. The average molecular weight is 201 g/mol. The first-order chi connectivity index (χ1) is 6.70. The van der Waals surface area contributed by atoms with Gasteiger partial charge in [0.05, 0.1) is 6.54 Å². The van der Waals surface area contributed by atoms with Crippen molar-refractivity contribution in [2.24, 2.45) is 0 Å². The van der Waals surface area contributed by atoms with E-state index in [0.717, 1.165) is 32.5 Å². The largest absolute Gasteiger partial charge is 0.355 e. The van der Waals surface area contributed by atoms with Gasteiger partial charge in [0.1, 0.15) is 0 Å². The molecule has 2 N–H and O–H groups in total. The lowest BCUT2D eigenvalue weighted by Gasteiger charge is -2.15. The third kappa shape index (κ3) is 8.01. The van der Waals surface area contributed by atoms with E-state index in [4.69, 9.17) is 0 Å². The molecule has 0 aliphatic rings. The monoisotopic (exact) mass is 201 g/mol. The lowest BCUT2D eigenvalue weighted by atomic mass is 10.3. The molecule has 0 saturated heterocycles. The summed E-state index contributed by atoms with van der Waals surface area (Å²) in [5, 5.41) is 5.94. The lowest BCUT2D eigenvalue weighted by Crippen LogP contribution is -2.38. The van der Waals surface area contributed by atoms with Gasteiger partial charge in [0, 0.05) is 19.6 Å². The summed E-state index contributed by atoms with van der Waals surface area (Å²) in [5.41, 5.74) is 0. The third-order valence-corrected chi connectivity index (χ3v) is 2.01. The summed E-state index contributed by atoms with van der Waals surface area (Å²) < 4.78 is 0. The van der Waals surface area contributed by atoms with E-state index in [2.05, 4.69) is 17.6 Å². The zero-order chi connectivity index (χ0) is 10.8. The molecule has 84 valence electrons. The molecule has 0 rings (SSSR count). The van der Waals surface area contributed by atoms with Gasteiger partial charge in [-0.25, -0.2) is 0 Å². The number of carbonyl (C=O) groups is 1. The number of nitrogens with one attached hydrogen (secondary N) is 2. The van der Waals surface area contributed by atoms with Crippen LogP contribution in [0.3, 0.4) is 0 Å². The van der Waals surface area contributed by atoms with Crippen LogP contribution in [-0.2, 0) is 4.79 Å². The average Bonchev–Trinajstić information content (AvgIpc) is 2.15. The van der Waals surface area contributed by atoms with Crippen molar-refractivity contribution in [1.82, 2.24) is 15.5 Å². The molecule has 0 heterocycles. The third-order valence-electron chi connectivity index (χ3n) is 2.01. The number of hydrogen-bond acceptors (Lipinski definition) is 3. The predicted molar refractivity (Wildman–Crippen MR) is 59.3 cm³/mol. The SMILES string of the molecule is CCCCNC(=O)CN(C)CCNC. The first kappa shape index (κ1) is 13.4. The predicted octanol–water partition coefficient (Wildman–Crippen LogP) is 0.0539. The smallest absolute Gasteiger partial charge is 0.234 e. The standard InChI is InChI=1S/C10H23N3O/c1-4-5-6-12-10(14)9-13(3)8-7-11-2/h11H,4-9H2,1-3H3,(H,12,14). The van der Waals surface area contributed by atoms with Gasteiger partial charge >= 0.3 is 0 Å². The topological polar surface area (TPSA) is 44.4 Å². The normalized spacial score (nSPS) is 10.6. The van der Waals surface area contributed by atoms with Crippen LogP contribution in [0.4, 0.5) is 0 Å². The summed E-state index contributed by atoms with van der Waals surface area (Å²) in [4.78, 5) is 13.3. The molecule has 0 unspecified atom stereocenters. The van der Waals surface area contributed by atoms with Crippen LogP contribution in [0.15, 0.2) is 0 Å². The van der Waals surface area contributed by atoms with E-state index >= 15 is 0 Å². The first-order valence-electron chi connectivity index (χ1n) is 5.30. The highest BCUT2D eigenvalue weighted by Crippen LogP contribution is 1.84. The van der Waals surface area contributed by atoms with Gasteiger partial charge in [0.15, 0.2) is 0 Å². The maximum Gasteiger partial charge on any atom is 0.234 e. The Morgan fingerprint density at radius 3 is 2.64 bits per heavy atom. The highest BCUT2D eigenvalue weighted by atomic mass is 16.2. The molecule has 4 heteroatoms. The molecular weight excluding hydrogens is 178 g/mol. The Kier molecular flexibility index (Phi) is 8.57. The van der Waals surface area contributed by atoms with Gasteiger partial charge in [-0.15, -0.1) is 0 Å². The molecule has 0 atom stereocenters. The van der Waals surface area contributed by atoms with Crippen molar-refractivity contribution >= 4 is 5.91 Å². The summed E-state index contributed by atoms with van der Waals surface area (Å²) in [6.45, 7) is 5.22. The zero-order valence-corrected chi connectivity index (χ0v) is 9.60. The number of nitrogens with zero attached hydrogens (tertiary/aromatic N) is 1. The summed E-state index contributed by atoms with van der Waals surface area (Å²) >= 11 is 0. The van der Waals surface area contributed by atoms with E-state index < -0.39 is 0 Å². The van der Waals surface area contributed by atoms with Gasteiger partial charge in [-0.1, -0.05) is 13.3 Å². The van der Waals surface area contributed by atoms with E-state index in [1.807, 2.05) is 19.0 Å². The molecule has 0 aromatic heterocycles. The second-order valence-electron chi connectivity index (χ2n) is 3.54. The zero-order valence-electron chi connectivity index (χ0n) is 9.60. The molecule has 0 aromatic carbocycles. The fourth-order valence-corrected chi connectivity index (χ4v) is 1.09. The van der Waals surface area contributed by atoms with Crippen LogP contribution in [-0.4, -0.2) is 51.1 Å². The van der Waals surface area contributed by atoms with Crippen LogP contribution in [0, 0.1) is 0 Å². The molecular formula is C10H23N3O. The van der Waals surface area contributed by atoms with E-state index in [0.29, 0.717) is 6.54 Å². The number of carbonyl (C=O) groups excluding carboxylic acids is 1. The molecule has 0 bridgehead atoms. The van der Waals surface area contributed by atoms with E-state index in [1.165, 1.54) is 0 Å². The van der Waals surface area contributed by atoms with Gasteiger partial charge in [-0.2, -0.15) is 0 Å². The Labute approximate surface area is 87.0 Å². The number of unbranched alkanes of at least 4 members (excludes halogenated alkanes) is 1. The second-order valence-corrected chi connectivity index (χ2v) is 3.54. The Morgan fingerprint density at radius 2 is 2.07 bits per heavy atom. The van der Waals surface area contributed by atoms with Crippen molar-refractivity contribution in [3.05, 3.63) is 0 Å². The van der Waals surface area contributed by atoms with Crippen LogP contribution < -0.4 is 10.6 Å². The Hall–Kier alpha value is -0.610. The van der Waals surface area contributed by atoms with Crippen LogP contribution in [0.2, 0.25) is 0 Å². The second kappa shape index (κ2) is 8.97. The van der Waals surface area contributed by atoms with Crippen LogP contribution in [0.5, 0.6) is 0 Å². The summed E-state index contributed by atoms with van der Waals surface area (Å²) in [6, 6.07) is 0. The Morgan fingerprint density at radius 1 is 1.36 bits per heavy atom. The van der Waals surface area contributed by atoms with Crippen molar-refractivity contribution in [2.75, 3.05) is 40.3 Å². The Bertz CT molecular complexity index is 150. The highest BCUT2D eigenvalue weighted by Gasteiger charge is 2.04. The summed E-state index contributed by atoms with van der Waals surface area (Å²) in [6.07, 6.45) is 2.18. The molecule has 4 nitrogen and oxygen atoms in total. The molecule has 0 aliphatic carbocycles. The molecule has 0 radical (unpaired) electrons. The maximum absolute atomic E-state index is 11.3. The van der Waals surface area contributed by atoms with Crippen molar-refractivity contribution in [2.45, 2.75) is 19.8 Å². The summed E-state index contributed by atoms with van der Waals surface area (Å²) in [7, 11) is 3.87. The van der Waals surface area contributed by atoms with Crippen molar-refractivity contribution in [3.8, 4) is 0 Å². The molecule has 0 fully saturated rings. The summed E-state index contributed by atoms with van der Waals surface area (Å²) in [5.74, 6) is 0.122. The minimum atomic E-state index is 0.122. The quantitative estimate of drug-likeness (QED) is 0.546. The maximum atomic E-state index is 11.3. The minimum absolute atomic E-state index is 0.122. The van der Waals surface area contributed by atoms with Gasteiger partial charge in [-0.3, -0.25) is 9.69 Å². The van der Waals surface area contributed by atoms with E-state index in [-0.39, 0.29) is 5.91 Å². The number of likely N-dealkylation sites (N-methyl/N-ethyl adjacent to an activating group) is 2. The molecule has 0 aliphatic heterocycles. The van der Waals surface area contributed by atoms with Crippen molar-refractivity contribution < 1.29 is 4.79 Å². The highest BCUT2D eigenvalue weighted by molar-refractivity contribution is 5.77. The van der Waals surface area contributed by atoms with E-state index in [9.17, 15) is 4.79 Å². The lowest BCUT2D eigenvalue weighted by molar-refractivity contribution is -0.121. The van der Waals surface area contributed by atoms with Crippen molar-refractivity contribution in [1.29, 1.82) is 0 Å². The van der Waals surface area contributed by atoms with E-state index in [1.54, 1.807) is 0 Å². The molecule has 1 amide bonds. The fraction of sp³-hybridized carbons (Fsp3) is 0.900. The number of amides is 1. The van der Waals surface area contributed by atoms with Crippen LogP contribution in [0.1, 0.15) is 19.8 Å². The van der Waals surface area contributed by atoms with Gasteiger partial charge in [0.25, 0.3) is 0 Å². The number of hydrogen-bond donors (Lipinski definition) is 2.